The number of rotatable bonds is 9. The van der Waals surface area contributed by atoms with Crippen LogP contribution in [-0.4, -0.2) is 33.1 Å². The van der Waals surface area contributed by atoms with Crippen molar-refractivity contribution in [2.45, 2.75) is 4.90 Å². The fourth-order valence-corrected chi connectivity index (χ4v) is 3.94. The number of ether oxygens (including phenoxy) is 1. The lowest BCUT2D eigenvalue weighted by atomic mass is 10.2. The third-order valence-electron chi connectivity index (χ3n) is 4.12. The summed E-state index contributed by atoms with van der Waals surface area (Å²) in [6.45, 7) is -0.637. The van der Waals surface area contributed by atoms with E-state index in [0.29, 0.717) is 10.6 Å². The summed E-state index contributed by atoms with van der Waals surface area (Å²) >= 11 is 5.88. The number of hydrazone groups is 1. The highest BCUT2D eigenvalue weighted by Crippen LogP contribution is 2.20. The Morgan fingerprint density at radius 2 is 1.79 bits per heavy atom. The summed E-state index contributed by atoms with van der Waals surface area (Å²) in [6.07, 6.45) is 1.27. The van der Waals surface area contributed by atoms with Crippen molar-refractivity contribution in [2.75, 3.05) is 11.3 Å². The van der Waals surface area contributed by atoms with Gasteiger partial charge in [0.25, 0.3) is 15.9 Å². The first-order valence-electron chi connectivity index (χ1n) is 9.38. The van der Waals surface area contributed by atoms with E-state index in [1.165, 1.54) is 42.6 Å². The van der Waals surface area contributed by atoms with E-state index in [9.17, 15) is 23.1 Å². The second-order valence-electron chi connectivity index (χ2n) is 6.54. The zero-order chi connectivity index (χ0) is 23.8. The molecule has 0 heterocycles. The van der Waals surface area contributed by atoms with Crippen LogP contribution in [0.25, 0.3) is 0 Å². The van der Waals surface area contributed by atoms with Gasteiger partial charge in [-0.05, 0) is 48.5 Å². The molecule has 0 saturated heterocycles. The number of carboxylic acid groups (broad SMARTS) is 1. The summed E-state index contributed by atoms with van der Waals surface area (Å²) in [5, 5.41) is 14.8. The Morgan fingerprint density at radius 1 is 1.03 bits per heavy atom. The van der Waals surface area contributed by atoms with Gasteiger partial charge in [-0.25, -0.2) is 13.8 Å². The van der Waals surface area contributed by atoms with E-state index in [1.807, 2.05) is 0 Å². The zero-order valence-corrected chi connectivity index (χ0v) is 18.5. The van der Waals surface area contributed by atoms with Crippen molar-refractivity contribution in [1.82, 2.24) is 5.43 Å². The van der Waals surface area contributed by atoms with Gasteiger partial charge in [-0.1, -0.05) is 35.9 Å². The number of benzene rings is 3. The number of hydrogen-bond acceptors (Lipinski definition) is 7. The van der Waals surface area contributed by atoms with E-state index in [1.54, 1.807) is 36.4 Å². The predicted octanol–water partition coefficient (Wildman–Crippen LogP) is 2.03. The van der Waals surface area contributed by atoms with Crippen LogP contribution in [-0.2, 0) is 14.8 Å². The molecule has 11 heteroatoms. The number of carbonyl (C=O) groups excluding carboxylic acids is 2. The van der Waals surface area contributed by atoms with Crippen molar-refractivity contribution in [3.63, 3.8) is 0 Å². The molecular formula is C22H17ClN3O6S-. The third kappa shape index (κ3) is 6.79. The molecule has 2 N–H and O–H groups in total. The van der Waals surface area contributed by atoms with Crippen molar-refractivity contribution < 1.29 is 27.9 Å². The number of para-hydroxylation sites is 1. The number of aliphatic carboxylic acids is 1. The first kappa shape index (κ1) is 23.8. The minimum atomic E-state index is -3.97. The average molecular weight is 487 g/mol. The van der Waals surface area contributed by atoms with Gasteiger partial charge >= 0.3 is 0 Å². The smallest absolute Gasteiger partial charge is 0.271 e. The van der Waals surface area contributed by atoms with Crippen LogP contribution in [0.15, 0.2) is 82.8 Å². The van der Waals surface area contributed by atoms with Gasteiger partial charge in [0.1, 0.15) is 12.4 Å². The molecule has 9 nitrogen and oxygen atoms in total. The quantitative estimate of drug-likeness (QED) is 0.350. The van der Waals surface area contributed by atoms with Crippen molar-refractivity contribution in [2.24, 2.45) is 5.10 Å². The van der Waals surface area contributed by atoms with Gasteiger partial charge in [0.15, 0.2) is 0 Å². The molecule has 0 aromatic heterocycles. The van der Waals surface area contributed by atoms with Crippen LogP contribution in [0.1, 0.15) is 15.9 Å². The molecule has 3 rings (SSSR count). The van der Waals surface area contributed by atoms with Crippen LogP contribution in [0.3, 0.4) is 0 Å². The minimum Gasteiger partial charge on any atom is -0.546 e. The summed E-state index contributed by atoms with van der Waals surface area (Å²) < 4.78 is 32.8. The molecule has 0 spiro atoms. The monoisotopic (exact) mass is 486 g/mol. The maximum absolute atomic E-state index is 12.7. The molecule has 3 aromatic rings. The maximum Gasteiger partial charge on any atom is 0.271 e. The molecule has 0 fully saturated rings. The molecule has 33 heavy (non-hydrogen) atoms. The molecule has 3 aromatic carbocycles. The second kappa shape index (κ2) is 10.6. The topological polar surface area (TPSA) is 137 Å². The molecule has 0 bridgehead atoms. The van der Waals surface area contributed by atoms with Crippen LogP contribution in [0.2, 0.25) is 5.02 Å². The SMILES string of the molecule is O=C([O-])COc1ccccc1/C=N\NC(=O)c1cccc(S(=O)(=O)Nc2cccc(Cl)c2)c1. The molecular weight excluding hydrogens is 470 g/mol. The van der Waals surface area contributed by atoms with Gasteiger partial charge in [0.05, 0.1) is 22.8 Å². The fraction of sp³-hybridized carbons (Fsp3) is 0.0455. The Morgan fingerprint density at radius 3 is 2.55 bits per heavy atom. The van der Waals surface area contributed by atoms with Crippen LogP contribution < -0.4 is 20.0 Å². The number of nitrogens with one attached hydrogen (secondary N) is 2. The van der Waals surface area contributed by atoms with Crippen LogP contribution in [0.5, 0.6) is 5.75 Å². The molecule has 0 radical (unpaired) electrons. The van der Waals surface area contributed by atoms with Crippen LogP contribution in [0, 0.1) is 0 Å². The number of anilines is 1. The fourth-order valence-electron chi connectivity index (χ4n) is 2.65. The molecule has 0 atom stereocenters. The van der Waals surface area contributed by atoms with E-state index >= 15 is 0 Å². The molecule has 1 amide bonds. The highest BCUT2D eigenvalue weighted by molar-refractivity contribution is 7.92. The van der Waals surface area contributed by atoms with Gasteiger partial charge < -0.3 is 14.6 Å². The Balaban J connectivity index is 1.71. The molecule has 170 valence electrons. The summed E-state index contributed by atoms with van der Waals surface area (Å²) in [5.41, 5.74) is 3.04. The Hall–Kier alpha value is -3.89. The average Bonchev–Trinajstić information content (AvgIpc) is 2.78. The van der Waals surface area contributed by atoms with Gasteiger partial charge in [-0.3, -0.25) is 9.52 Å². The van der Waals surface area contributed by atoms with Crippen molar-refractivity contribution >= 4 is 45.4 Å². The van der Waals surface area contributed by atoms with E-state index in [-0.39, 0.29) is 21.9 Å². The summed E-state index contributed by atoms with van der Waals surface area (Å²) in [4.78, 5) is 22.9. The normalized spacial score (nSPS) is 11.2. The number of hydrogen-bond donors (Lipinski definition) is 2. The maximum atomic E-state index is 12.7. The number of nitrogens with zero attached hydrogens (tertiary/aromatic N) is 1. The lowest BCUT2D eigenvalue weighted by molar-refractivity contribution is -0.307. The van der Waals surface area contributed by atoms with Gasteiger partial charge in [-0.2, -0.15) is 5.10 Å². The highest BCUT2D eigenvalue weighted by atomic mass is 35.5. The molecule has 0 aliphatic carbocycles. The van der Waals surface area contributed by atoms with Gasteiger partial charge in [0.2, 0.25) is 0 Å². The van der Waals surface area contributed by atoms with Gasteiger partial charge in [-0.15, -0.1) is 0 Å². The largest absolute Gasteiger partial charge is 0.546 e. The minimum absolute atomic E-state index is 0.0580. The van der Waals surface area contributed by atoms with Crippen molar-refractivity contribution in [3.8, 4) is 5.75 Å². The highest BCUT2D eigenvalue weighted by Gasteiger charge is 2.16. The summed E-state index contributed by atoms with van der Waals surface area (Å²) in [7, 11) is -3.97. The second-order valence-corrected chi connectivity index (χ2v) is 8.66. The predicted molar refractivity (Wildman–Crippen MR) is 121 cm³/mol. The van der Waals surface area contributed by atoms with Gasteiger partial charge in [0, 0.05) is 16.1 Å². The molecule has 0 aliphatic heterocycles. The van der Waals surface area contributed by atoms with E-state index in [2.05, 4.69) is 15.2 Å². The van der Waals surface area contributed by atoms with E-state index < -0.39 is 28.5 Å². The zero-order valence-electron chi connectivity index (χ0n) is 16.9. The number of amides is 1. The van der Waals surface area contributed by atoms with Crippen molar-refractivity contribution in [3.05, 3.63) is 88.9 Å². The molecule has 0 saturated carbocycles. The first-order chi connectivity index (χ1) is 15.7. The van der Waals surface area contributed by atoms with Crippen LogP contribution >= 0.6 is 11.6 Å². The number of halogens is 1. The van der Waals surface area contributed by atoms with Crippen molar-refractivity contribution in [1.29, 1.82) is 0 Å². The Bertz CT molecular complexity index is 1310. The standard InChI is InChI=1S/C22H18ClN3O6S/c23-17-7-4-8-18(12-17)26-33(30,31)19-9-3-6-15(11-19)22(29)25-24-13-16-5-1-2-10-20(16)32-14-21(27)28/h1-13,26H,14H2,(H,25,29)(H,27,28)/p-1/b24-13-. The summed E-state index contributed by atoms with van der Waals surface area (Å²) in [5.74, 6) is -1.80. The number of carboxylic acids is 1. The Kier molecular flexibility index (Phi) is 7.65. The number of carbonyl (C=O) groups is 2. The lowest BCUT2D eigenvalue weighted by Gasteiger charge is -2.10. The molecule has 0 unspecified atom stereocenters. The van der Waals surface area contributed by atoms with Crippen LogP contribution in [0.4, 0.5) is 5.69 Å². The summed E-state index contributed by atoms with van der Waals surface area (Å²) in [6, 6.07) is 18.1. The lowest BCUT2D eigenvalue weighted by Crippen LogP contribution is -2.29. The van der Waals surface area contributed by atoms with E-state index in [4.69, 9.17) is 16.3 Å². The first-order valence-corrected chi connectivity index (χ1v) is 11.2. The molecule has 0 aliphatic rings. The third-order valence-corrected chi connectivity index (χ3v) is 5.73. The number of sulfonamides is 1. The Labute approximate surface area is 194 Å². The van der Waals surface area contributed by atoms with E-state index in [0.717, 1.165) is 0 Å².